The van der Waals surface area contributed by atoms with Crippen LogP contribution in [0.25, 0.3) is 11.0 Å². The van der Waals surface area contributed by atoms with Crippen LogP contribution in [0.5, 0.6) is 0 Å². The number of rotatable bonds is 10. The molecule has 0 spiro atoms. The fourth-order valence-electron chi connectivity index (χ4n) is 3.44. The van der Waals surface area contributed by atoms with Crippen LogP contribution in [0.3, 0.4) is 0 Å². The molecule has 0 bridgehead atoms. The Morgan fingerprint density at radius 1 is 1.00 bits per heavy atom. The molecule has 0 aliphatic carbocycles. The Morgan fingerprint density at radius 3 is 2.29 bits per heavy atom. The Morgan fingerprint density at radius 2 is 1.65 bits per heavy atom. The SMILES string of the molecule is CCN(CC)S(=O)(=O)c1ccc([C@@H](C)NS(=O)(=O)CCn2cnc3ccccc32)cc1. The van der Waals surface area contributed by atoms with Crippen LogP contribution in [0.15, 0.2) is 59.8 Å². The van der Waals surface area contributed by atoms with Crippen LogP contribution in [-0.4, -0.2) is 49.5 Å². The Balaban J connectivity index is 1.66. The number of imidazole rings is 1. The number of benzene rings is 2. The molecule has 0 amide bonds. The highest BCUT2D eigenvalue weighted by molar-refractivity contribution is 7.89. The van der Waals surface area contributed by atoms with E-state index < -0.39 is 26.1 Å². The summed E-state index contributed by atoms with van der Waals surface area (Å²) in [5.41, 5.74) is 2.40. The second kappa shape index (κ2) is 9.47. The van der Waals surface area contributed by atoms with Crippen LogP contribution < -0.4 is 4.72 Å². The van der Waals surface area contributed by atoms with Crippen LogP contribution in [-0.2, 0) is 26.6 Å². The first-order valence-corrected chi connectivity index (χ1v) is 13.3. The fraction of sp³-hybridized carbons (Fsp3) is 0.381. The molecule has 1 atom stereocenters. The van der Waals surface area contributed by atoms with Gasteiger partial charge in [-0.2, -0.15) is 4.31 Å². The number of sulfonamides is 2. The Hall–Kier alpha value is -2.27. The lowest BCUT2D eigenvalue weighted by molar-refractivity contribution is 0.445. The molecule has 0 saturated heterocycles. The van der Waals surface area contributed by atoms with Gasteiger partial charge in [-0.1, -0.05) is 38.1 Å². The van der Waals surface area contributed by atoms with Crippen molar-refractivity contribution in [1.82, 2.24) is 18.6 Å². The zero-order chi connectivity index (χ0) is 22.6. The first-order valence-electron chi connectivity index (χ1n) is 10.2. The van der Waals surface area contributed by atoms with E-state index in [0.29, 0.717) is 18.7 Å². The number of fused-ring (bicyclic) bond motifs is 1. The minimum absolute atomic E-state index is 0.0912. The first kappa shape index (κ1) is 23.4. The van der Waals surface area contributed by atoms with Crippen LogP contribution in [0.1, 0.15) is 32.4 Å². The third-order valence-corrected chi connectivity index (χ3v) is 8.70. The lowest BCUT2D eigenvalue weighted by Crippen LogP contribution is -2.31. The third-order valence-electron chi connectivity index (χ3n) is 5.21. The van der Waals surface area contributed by atoms with E-state index in [1.54, 1.807) is 39.2 Å². The van der Waals surface area contributed by atoms with E-state index in [1.807, 2.05) is 28.8 Å². The maximum absolute atomic E-state index is 12.6. The van der Waals surface area contributed by atoms with E-state index >= 15 is 0 Å². The van der Waals surface area contributed by atoms with Crippen molar-refractivity contribution in [2.75, 3.05) is 18.8 Å². The molecular weight excluding hydrogens is 436 g/mol. The number of para-hydroxylation sites is 2. The first-order chi connectivity index (χ1) is 14.7. The molecule has 31 heavy (non-hydrogen) atoms. The highest BCUT2D eigenvalue weighted by Crippen LogP contribution is 2.20. The molecule has 3 aromatic rings. The van der Waals surface area contributed by atoms with Crippen LogP contribution in [0, 0.1) is 0 Å². The molecule has 8 nitrogen and oxygen atoms in total. The van der Waals surface area contributed by atoms with Crippen molar-refractivity contribution < 1.29 is 16.8 Å². The summed E-state index contributed by atoms with van der Waals surface area (Å²) in [4.78, 5) is 4.47. The van der Waals surface area contributed by atoms with Crippen LogP contribution >= 0.6 is 0 Å². The van der Waals surface area contributed by atoms with Crippen molar-refractivity contribution in [2.45, 2.75) is 38.3 Å². The zero-order valence-electron chi connectivity index (χ0n) is 17.9. The van der Waals surface area contributed by atoms with Crippen molar-refractivity contribution in [2.24, 2.45) is 0 Å². The van der Waals surface area contributed by atoms with Gasteiger partial charge in [0, 0.05) is 25.7 Å². The number of hydrogen-bond donors (Lipinski definition) is 1. The third kappa shape index (κ3) is 5.32. The summed E-state index contributed by atoms with van der Waals surface area (Å²) in [5, 5.41) is 0. The smallest absolute Gasteiger partial charge is 0.243 e. The van der Waals surface area contributed by atoms with Crippen molar-refractivity contribution in [3.05, 3.63) is 60.4 Å². The minimum Gasteiger partial charge on any atom is -0.330 e. The van der Waals surface area contributed by atoms with Gasteiger partial charge in [0.25, 0.3) is 0 Å². The minimum atomic E-state index is -3.56. The number of nitrogens with zero attached hydrogens (tertiary/aromatic N) is 3. The maximum atomic E-state index is 12.6. The topological polar surface area (TPSA) is 101 Å². The summed E-state index contributed by atoms with van der Waals surface area (Å²) in [7, 11) is -7.10. The second-order valence-electron chi connectivity index (χ2n) is 7.24. The molecule has 1 aromatic heterocycles. The van der Waals surface area contributed by atoms with E-state index in [9.17, 15) is 16.8 Å². The summed E-state index contributed by atoms with van der Waals surface area (Å²) >= 11 is 0. The summed E-state index contributed by atoms with van der Waals surface area (Å²) in [6, 6.07) is 13.4. The number of aromatic nitrogens is 2. The number of hydrogen-bond acceptors (Lipinski definition) is 5. The van der Waals surface area contributed by atoms with E-state index in [-0.39, 0.29) is 17.2 Å². The molecule has 0 aliphatic heterocycles. The molecule has 0 saturated carbocycles. The second-order valence-corrected chi connectivity index (χ2v) is 11.1. The average Bonchev–Trinajstić information content (AvgIpc) is 3.16. The van der Waals surface area contributed by atoms with Crippen molar-refractivity contribution in [1.29, 1.82) is 0 Å². The summed E-state index contributed by atoms with van der Waals surface area (Å²) in [6.45, 7) is 6.38. The van der Waals surface area contributed by atoms with Gasteiger partial charge in [-0.3, -0.25) is 0 Å². The normalized spacial score (nSPS) is 13.7. The molecule has 0 aliphatic rings. The van der Waals surface area contributed by atoms with Gasteiger partial charge in [0.1, 0.15) is 0 Å². The molecule has 0 fully saturated rings. The summed E-state index contributed by atoms with van der Waals surface area (Å²) in [5.74, 6) is -0.0912. The lowest BCUT2D eigenvalue weighted by Gasteiger charge is -2.19. The Kier molecular flexibility index (Phi) is 7.15. The van der Waals surface area contributed by atoms with Gasteiger partial charge in [-0.05, 0) is 36.8 Å². The molecule has 2 aromatic carbocycles. The molecular formula is C21H28N4O4S2. The highest BCUT2D eigenvalue weighted by atomic mass is 32.2. The average molecular weight is 465 g/mol. The summed E-state index contributed by atoms with van der Waals surface area (Å²) in [6.07, 6.45) is 1.64. The molecule has 1 N–H and O–H groups in total. The molecule has 3 rings (SSSR count). The Labute approximate surface area is 184 Å². The van der Waals surface area contributed by atoms with Crippen molar-refractivity contribution in [3.8, 4) is 0 Å². The maximum Gasteiger partial charge on any atom is 0.243 e. The quantitative estimate of drug-likeness (QED) is 0.497. The molecule has 1 heterocycles. The molecule has 0 unspecified atom stereocenters. The number of nitrogens with one attached hydrogen (secondary N) is 1. The van der Waals surface area contributed by atoms with E-state index in [2.05, 4.69) is 9.71 Å². The van der Waals surface area contributed by atoms with Crippen molar-refractivity contribution >= 4 is 31.1 Å². The van der Waals surface area contributed by atoms with Gasteiger partial charge in [0.05, 0.1) is 28.0 Å². The highest BCUT2D eigenvalue weighted by Gasteiger charge is 2.22. The van der Waals surface area contributed by atoms with Crippen LogP contribution in [0.4, 0.5) is 0 Å². The van der Waals surface area contributed by atoms with Gasteiger partial charge in [0.2, 0.25) is 20.0 Å². The zero-order valence-corrected chi connectivity index (χ0v) is 19.5. The predicted molar refractivity (Wildman–Crippen MR) is 122 cm³/mol. The molecule has 168 valence electrons. The van der Waals surface area contributed by atoms with E-state index in [4.69, 9.17) is 0 Å². The monoisotopic (exact) mass is 464 g/mol. The number of aryl methyl sites for hydroxylation is 1. The fourth-order valence-corrected chi connectivity index (χ4v) is 6.13. The lowest BCUT2D eigenvalue weighted by atomic mass is 10.1. The molecule has 0 radical (unpaired) electrons. The standard InChI is InChI=1S/C21H28N4O4S2/c1-4-25(5-2)31(28,29)19-12-10-18(11-13-19)17(3)23-30(26,27)15-14-24-16-22-20-8-6-7-9-21(20)24/h6-13,16-17,23H,4-5,14-15H2,1-3H3/t17-/m1/s1. The van der Waals surface area contributed by atoms with Gasteiger partial charge in [-0.25, -0.2) is 26.5 Å². The van der Waals surface area contributed by atoms with E-state index in [1.165, 1.54) is 16.4 Å². The van der Waals surface area contributed by atoms with Crippen molar-refractivity contribution in [3.63, 3.8) is 0 Å². The summed E-state index contributed by atoms with van der Waals surface area (Å²) < 4.78 is 56.2. The van der Waals surface area contributed by atoms with E-state index in [0.717, 1.165) is 11.0 Å². The van der Waals surface area contributed by atoms with Gasteiger partial charge >= 0.3 is 0 Å². The Bertz CT molecular complexity index is 1230. The molecule has 10 heteroatoms. The van der Waals surface area contributed by atoms with Gasteiger partial charge < -0.3 is 4.57 Å². The predicted octanol–water partition coefficient (Wildman–Crippen LogP) is 2.75. The largest absolute Gasteiger partial charge is 0.330 e. The van der Waals surface area contributed by atoms with Crippen LogP contribution in [0.2, 0.25) is 0 Å². The van der Waals surface area contributed by atoms with Gasteiger partial charge in [-0.15, -0.1) is 0 Å². The van der Waals surface area contributed by atoms with Gasteiger partial charge in [0.15, 0.2) is 0 Å².